The van der Waals surface area contributed by atoms with Crippen LogP contribution in [-0.2, 0) is 11.3 Å². The van der Waals surface area contributed by atoms with Gasteiger partial charge in [-0.1, -0.05) is 6.08 Å². The van der Waals surface area contributed by atoms with Crippen LogP contribution in [0.25, 0.3) is 0 Å². The van der Waals surface area contributed by atoms with Gasteiger partial charge in [-0.2, -0.15) is 0 Å². The zero-order valence-electron chi connectivity index (χ0n) is 10.6. The van der Waals surface area contributed by atoms with Crippen molar-refractivity contribution in [3.05, 3.63) is 48.1 Å². The van der Waals surface area contributed by atoms with Crippen LogP contribution in [0.5, 0.6) is 0 Å². The highest BCUT2D eigenvalue weighted by atomic mass is 19.1. The quantitative estimate of drug-likeness (QED) is 0.782. The Balaban J connectivity index is 2.66. The van der Waals surface area contributed by atoms with Gasteiger partial charge in [-0.05, 0) is 18.2 Å². The number of aliphatic carboxylic acids is 1. The zero-order valence-corrected chi connectivity index (χ0v) is 10.6. The fraction of sp³-hybridized carbons (Fsp3) is 0.231. The highest BCUT2D eigenvalue weighted by Crippen LogP contribution is 2.09. The summed E-state index contributed by atoms with van der Waals surface area (Å²) in [5.74, 6) is -2.46. The summed E-state index contributed by atoms with van der Waals surface area (Å²) in [4.78, 5) is 23.3. The smallest absolute Gasteiger partial charge is 0.323 e. The second-order valence-corrected chi connectivity index (χ2v) is 3.96. The van der Waals surface area contributed by atoms with E-state index in [-0.39, 0.29) is 18.7 Å². The Morgan fingerprint density at radius 2 is 2.10 bits per heavy atom. The standard InChI is InChI=1S/C13H14F2N2O3/c1-2-5-17(8-12(18)19)13(20)16-7-9-6-10(14)3-4-11(9)15/h2-4,6H,1,5,7-8H2,(H,16,20)(H,18,19). The number of hydrogen-bond donors (Lipinski definition) is 2. The summed E-state index contributed by atoms with van der Waals surface area (Å²) in [6, 6.07) is 2.19. The Bertz CT molecular complexity index is 520. The van der Waals surface area contributed by atoms with Crippen LogP contribution in [0.2, 0.25) is 0 Å². The van der Waals surface area contributed by atoms with Crippen LogP contribution < -0.4 is 5.32 Å². The van der Waals surface area contributed by atoms with E-state index in [4.69, 9.17) is 5.11 Å². The number of urea groups is 1. The molecule has 0 bridgehead atoms. The SMILES string of the molecule is C=CCN(CC(=O)O)C(=O)NCc1cc(F)ccc1F. The molecule has 0 aliphatic carbocycles. The van der Waals surface area contributed by atoms with Crippen molar-refractivity contribution in [1.82, 2.24) is 10.2 Å². The first-order valence-corrected chi connectivity index (χ1v) is 5.73. The van der Waals surface area contributed by atoms with Gasteiger partial charge in [-0.3, -0.25) is 4.79 Å². The first-order valence-electron chi connectivity index (χ1n) is 5.73. The third kappa shape index (κ3) is 4.68. The molecule has 1 aromatic carbocycles. The molecule has 0 aromatic heterocycles. The third-order valence-electron chi connectivity index (χ3n) is 2.40. The van der Waals surface area contributed by atoms with Crippen LogP contribution >= 0.6 is 0 Å². The third-order valence-corrected chi connectivity index (χ3v) is 2.40. The van der Waals surface area contributed by atoms with Crippen molar-refractivity contribution in [1.29, 1.82) is 0 Å². The monoisotopic (exact) mass is 284 g/mol. The minimum Gasteiger partial charge on any atom is -0.480 e. The molecule has 5 nitrogen and oxygen atoms in total. The van der Waals surface area contributed by atoms with Gasteiger partial charge in [0.2, 0.25) is 0 Å². The molecule has 0 fully saturated rings. The lowest BCUT2D eigenvalue weighted by molar-refractivity contribution is -0.137. The van der Waals surface area contributed by atoms with E-state index in [1.807, 2.05) is 0 Å². The second-order valence-electron chi connectivity index (χ2n) is 3.96. The first kappa shape index (κ1) is 15.6. The predicted molar refractivity (Wildman–Crippen MR) is 68.0 cm³/mol. The van der Waals surface area contributed by atoms with Crippen LogP contribution in [0.3, 0.4) is 0 Å². The van der Waals surface area contributed by atoms with E-state index in [1.54, 1.807) is 0 Å². The number of carboxylic acid groups (broad SMARTS) is 1. The van der Waals surface area contributed by atoms with Gasteiger partial charge in [0.25, 0.3) is 0 Å². The summed E-state index contributed by atoms with van der Waals surface area (Å²) in [7, 11) is 0. The van der Waals surface area contributed by atoms with Crippen LogP contribution in [0, 0.1) is 11.6 Å². The minimum atomic E-state index is -1.18. The molecular weight excluding hydrogens is 270 g/mol. The predicted octanol–water partition coefficient (Wildman–Crippen LogP) is 1.75. The topological polar surface area (TPSA) is 69.6 Å². The molecule has 0 aliphatic rings. The van der Waals surface area contributed by atoms with E-state index in [1.165, 1.54) is 6.08 Å². The number of rotatable bonds is 6. The molecule has 7 heteroatoms. The number of halogens is 2. The molecule has 0 atom stereocenters. The average Bonchev–Trinajstić information content (AvgIpc) is 2.38. The molecule has 20 heavy (non-hydrogen) atoms. The molecule has 2 amide bonds. The van der Waals surface area contributed by atoms with Gasteiger partial charge in [-0.15, -0.1) is 6.58 Å². The van der Waals surface area contributed by atoms with Crippen LogP contribution in [0.15, 0.2) is 30.9 Å². The molecule has 0 saturated heterocycles. The number of amides is 2. The van der Waals surface area contributed by atoms with Crippen molar-refractivity contribution in [3.63, 3.8) is 0 Å². The van der Waals surface area contributed by atoms with Gasteiger partial charge in [0.05, 0.1) is 0 Å². The highest BCUT2D eigenvalue weighted by Gasteiger charge is 2.15. The molecule has 0 unspecified atom stereocenters. The van der Waals surface area contributed by atoms with Crippen LogP contribution in [0.1, 0.15) is 5.56 Å². The van der Waals surface area contributed by atoms with E-state index in [2.05, 4.69) is 11.9 Å². The zero-order chi connectivity index (χ0) is 15.1. The summed E-state index contributed by atoms with van der Waals surface area (Å²) in [5, 5.41) is 11.0. The second kappa shape index (κ2) is 7.22. The van der Waals surface area contributed by atoms with Crippen molar-refractivity contribution in [2.45, 2.75) is 6.54 Å². The largest absolute Gasteiger partial charge is 0.480 e. The van der Waals surface area contributed by atoms with Crippen molar-refractivity contribution in [2.75, 3.05) is 13.1 Å². The van der Waals surface area contributed by atoms with Gasteiger partial charge in [-0.25, -0.2) is 13.6 Å². The Kier molecular flexibility index (Phi) is 5.64. The van der Waals surface area contributed by atoms with E-state index in [9.17, 15) is 18.4 Å². The van der Waals surface area contributed by atoms with Gasteiger partial charge in [0, 0.05) is 18.7 Å². The number of carbonyl (C=O) groups excluding carboxylic acids is 1. The van der Waals surface area contributed by atoms with Gasteiger partial charge in [0.15, 0.2) is 0 Å². The molecule has 1 aromatic rings. The summed E-state index contributed by atoms with van der Waals surface area (Å²) in [6.07, 6.45) is 1.37. The van der Waals surface area contributed by atoms with Gasteiger partial charge >= 0.3 is 12.0 Å². The number of hydrogen-bond acceptors (Lipinski definition) is 2. The maximum atomic E-state index is 13.3. The summed E-state index contributed by atoms with van der Waals surface area (Å²) < 4.78 is 26.3. The minimum absolute atomic E-state index is 0.0211. The molecule has 0 aliphatic heterocycles. The van der Waals surface area contributed by atoms with E-state index < -0.39 is 30.2 Å². The van der Waals surface area contributed by atoms with Gasteiger partial charge in [0.1, 0.15) is 18.2 Å². The average molecular weight is 284 g/mol. The van der Waals surface area contributed by atoms with E-state index in [0.717, 1.165) is 23.1 Å². The maximum Gasteiger partial charge on any atom is 0.323 e. The lowest BCUT2D eigenvalue weighted by Gasteiger charge is -2.19. The van der Waals surface area contributed by atoms with Crippen molar-refractivity contribution in [2.24, 2.45) is 0 Å². The van der Waals surface area contributed by atoms with E-state index in [0.29, 0.717) is 0 Å². The Hall–Kier alpha value is -2.44. The highest BCUT2D eigenvalue weighted by molar-refractivity contribution is 5.80. The molecule has 0 radical (unpaired) electrons. The molecule has 1 rings (SSSR count). The molecule has 0 heterocycles. The maximum absolute atomic E-state index is 13.3. The normalized spacial score (nSPS) is 9.90. The lowest BCUT2D eigenvalue weighted by Crippen LogP contribution is -2.42. The Morgan fingerprint density at radius 3 is 2.70 bits per heavy atom. The number of nitrogens with one attached hydrogen (secondary N) is 1. The first-order chi connectivity index (χ1) is 9.43. The Morgan fingerprint density at radius 1 is 1.40 bits per heavy atom. The van der Waals surface area contributed by atoms with Crippen molar-refractivity contribution < 1.29 is 23.5 Å². The fourth-order valence-corrected chi connectivity index (χ4v) is 1.50. The summed E-state index contributed by atoms with van der Waals surface area (Å²) in [6.45, 7) is 2.69. The molecule has 2 N–H and O–H groups in total. The molecule has 0 spiro atoms. The fourth-order valence-electron chi connectivity index (χ4n) is 1.50. The number of benzene rings is 1. The molecule has 108 valence electrons. The lowest BCUT2D eigenvalue weighted by atomic mass is 10.2. The molecular formula is C13H14F2N2O3. The summed E-state index contributed by atoms with van der Waals surface area (Å²) >= 11 is 0. The van der Waals surface area contributed by atoms with Crippen molar-refractivity contribution >= 4 is 12.0 Å². The number of carboxylic acids is 1. The van der Waals surface area contributed by atoms with Crippen LogP contribution in [-0.4, -0.2) is 35.1 Å². The number of carbonyl (C=O) groups is 2. The van der Waals surface area contributed by atoms with E-state index >= 15 is 0 Å². The molecule has 0 saturated carbocycles. The van der Waals surface area contributed by atoms with Crippen molar-refractivity contribution in [3.8, 4) is 0 Å². The Labute approximate surface area is 114 Å². The van der Waals surface area contributed by atoms with Gasteiger partial charge < -0.3 is 15.3 Å². The van der Waals surface area contributed by atoms with Crippen LogP contribution in [0.4, 0.5) is 13.6 Å². The number of nitrogens with zero attached hydrogens (tertiary/aromatic N) is 1. The summed E-state index contributed by atoms with van der Waals surface area (Å²) in [5.41, 5.74) is -0.0211.